The van der Waals surface area contributed by atoms with E-state index in [1.54, 1.807) is 26.7 Å². The van der Waals surface area contributed by atoms with Crippen LogP contribution in [0.2, 0.25) is 0 Å². The lowest BCUT2D eigenvalue weighted by Crippen LogP contribution is -2.02. The maximum absolute atomic E-state index is 5.37. The highest BCUT2D eigenvalue weighted by Gasteiger charge is 2.10. The van der Waals surface area contributed by atoms with Gasteiger partial charge in [-0.3, -0.25) is 0 Å². The van der Waals surface area contributed by atoms with Crippen LogP contribution >= 0.6 is 0 Å². The third-order valence-electron chi connectivity index (χ3n) is 4.50. The van der Waals surface area contributed by atoms with Crippen molar-refractivity contribution in [3.05, 3.63) is 72.7 Å². The summed E-state index contributed by atoms with van der Waals surface area (Å²) in [6.45, 7) is 0.690. The predicted molar refractivity (Wildman–Crippen MR) is 110 cm³/mol. The minimum absolute atomic E-state index is 0.459. The first-order valence-corrected chi connectivity index (χ1v) is 8.89. The molecule has 0 saturated heterocycles. The van der Waals surface area contributed by atoms with Crippen LogP contribution in [0.1, 0.15) is 5.56 Å². The molecule has 4 aromatic rings. The molecule has 0 atom stereocenters. The third-order valence-corrected chi connectivity index (χ3v) is 4.50. The van der Waals surface area contributed by atoms with E-state index in [0.29, 0.717) is 18.2 Å². The molecule has 0 unspecified atom stereocenters. The summed E-state index contributed by atoms with van der Waals surface area (Å²) in [5.41, 5.74) is 3.99. The molecule has 0 aliphatic heterocycles. The molecule has 0 aliphatic carbocycles. The molecular formula is C22H20N4O2. The van der Waals surface area contributed by atoms with Crippen LogP contribution in [-0.4, -0.2) is 29.2 Å². The summed E-state index contributed by atoms with van der Waals surface area (Å²) in [4.78, 5) is 13.1. The fraction of sp³-hybridized carbons (Fsp3) is 0.136. The van der Waals surface area contributed by atoms with Gasteiger partial charge in [0.15, 0.2) is 5.75 Å². The van der Waals surface area contributed by atoms with Crippen molar-refractivity contribution in [1.82, 2.24) is 15.0 Å². The van der Waals surface area contributed by atoms with Gasteiger partial charge in [-0.05, 0) is 29.3 Å². The van der Waals surface area contributed by atoms with Crippen molar-refractivity contribution in [2.75, 3.05) is 19.5 Å². The van der Waals surface area contributed by atoms with Gasteiger partial charge in [0.1, 0.15) is 12.1 Å². The summed E-state index contributed by atoms with van der Waals surface area (Å²) >= 11 is 0. The minimum Gasteiger partial charge on any atom is -0.491 e. The van der Waals surface area contributed by atoms with Gasteiger partial charge in [-0.2, -0.15) is 0 Å². The van der Waals surface area contributed by atoms with E-state index < -0.39 is 0 Å². The van der Waals surface area contributed by atoms with Gasteiger partial charge in [0.05, 0.1) is 19.7 Å². The number of anilines is 1. The fourth-order valence-electron chi connectivity index (χ4n) is 3.05. The molecule has 0 aliphatic rings. The molecule has 2 aromatic heterocycles. The van der Waals surface area contributed by atoms with Crippen molar-refractivity contribution in [1.29, 1.82) is 0 Å². The zero-order chi connectivity index (χ0) is 19.3. The Morgan fingerprint density at radius 2 is 1.71 bits per heavy atom. The number of rotatable bonds is 6. The van der Waals surface area contributed by atoms with Crippen molar-refractivity contribution >= 4 is 16.7 Å². The second kappa shape index (κ2) is 7.92. The maximum Gasteiger partial charge on any atom is 0.256 e. The Bertz CT molecular complexity index is 1100. The molecule has 0 amide bonds. The molecule has 1 N–H and O–H groups in total. The van der Waals surface area contributed by atoms with Crippen molar-refractivity contribution in [3.63, 3.8) is 0 Å². The standard InChI is InChI=1S/C22H20N4O2/c1-27-20-11-17(13-24-22(20)28-2)16-8-9-19-18(10-16)21(26-14-25-19)23-12-15-6-4-3-5-7-15/h3-11,13-14H,12H2,1-2H3,(H,23,25,26). The van der Waals surface area contributed by atoms with E-state index in [-0.39, 0.29) is 0 Å². The highest BCUT2D eigenvalue weighted by atomic mass is 16.5. The zero-order valence-corrected chi connectivity index (χ0v) is 15.7. The number of nitrogens with one attached hydrogen (secondary N) is 1. The van der Waals surface area contributed by atoms with Gasteiger partial charge in [0.2, 0.25) is 0 Å². The molecule has 0 radical (unpaired) electrons. The Labute approximate surface area is 163 Å². The molecule has 4 rings (SSSR count). The SMILES string of the molecule is COc1cc(-c2ccc3ncnc(NCc4ccccc4)c3c2)cnc1OC. The minimum atomic E-state index is 0.459. The van der Waals surface area contributed by atoms with Gasteiger partial charge < -0.3 is 14.8 Å². The van der Waals surface area contributed by atoms with Crippen LogP contribution in [-0.2, 0) is 6.54 Å². The van der Waals surface area contributed by atoms with Crippen molar-refractivity contribution in [2.24, 2.45) is 0 Å². The first kappa shape index (κ1) is 17.7. The molecule has 6 nitrogen and oxygen atoms in total. The Kier molecular flexibility index (Phi) is 5.01. The average Bonchev–Trinajstić information content (AvgIpc) is 2.77. The van der Waals surface area contributed by atoms with Crippen LogP contribution in [0.15, 0.2) is 67.1 Å². The van der Waals surface area contributed by atoms with Gasteiger partial charge in [-0.25, -0.2) is 15.0 Å². The molecule has 0 bridgehead atoms. The molecule has 0 saturated carbocycles. The third kappa shape index (κ3) is 3.57. The molecule has 0 fully saturated rings. The number of aromatic nitrogens is 3. The number of fused-ring (bicyclic) bond motifs is 1. The topological polar surface area (TPSA) is 69.2 Å². The van der Waals surface area contributed by atoms with Crippen molar-refractivity contribution < 1.29 is 9.47 Å². The lowest BCUT2D eigenvalue weighted by Gasteiger charge is -2.11. The predicted octanol–water partition coefficient (Wildman–Crippen LogP) is 4.32. The van der Waals surface area contributed by atoms with E-state index in [1.165, 1.54) is 5.56 Å². The molecule has 6 heteroatoms. The van der Waals surface area contributed by atoms with Crippen LogP contribution in [0.5, 0.6) is 11.6 Å². The lowest BCUT2D eigenvalue weighted by molar-refractivity contribution is 0.343. The summed E-state index contributed by atoms with van der Waals surface area (Å²) in [5.74, 6) is 1.84. The van der Waals surface area contributed by atoms with Crippen LogP contribution in [0.3, 0.4) is 0 Å². The van der Waals surface area contributed by atoms with Gasteiger partial charge in [0.25, 0.3) is 5.88 Å². The van der Waals surface area contributed by atoms with Crippen LogP contribution in [0.4, 0.5) is 5.82 Å². The Hall–Kier alpha value is -3.67. The molecule has 0 spiro atoms. The van der Waals surface area contributed by atoms with Crippen molar-refractivity contribution in [2.45, 2.75) is 6.54 Å². The zero-order valence-electron chi connectivity index (χ0n) is 15.7. The van der Waals surface area contributed by atoms with Crippen LogP contribution in [0, 0.1) is 0 Å². The molecular weight excluding hydrogens is 352 g/mol. The summed E-state index contributed by atoms with van der Waals surface area (Å²) in [5, 5.41) is 4.36. The van der Waals surface area contributed by atoms with E-state index >= 15 is 0 Å². The number of hydrogen-bond donors (Lipinski definition) is 1. The molecule has 2 aromatic carbocycles. The molecule has 2 heterocycles. The number of methoxy groups -OCH3 is 2. The fourth-order valence-corrected chi connectivity index (χ4v) is 3.05. The number of nitrogens with zero attached hydrogens (tertiary/aromatic N) is 3. The van der Waals surface area contributed by atoms with Crippen LogP contribution < -0.4 is 14.8 Å². The number of ether oxygens (including phenoxy) is 2. The molecule has 140 valence electrons. The van der Waals surface area contributed by atoms with E-state index in [0.717, 1.165) is 27.8 Å². The van der Waals surface area contributed by atoms with Crippen LogP contribution in [0.25, 0.3) is 22.0 Å². The summed E-state index contributed by atoms with van der Waals surface area (Å²) < 4.78 is 10.6. The number of hydrogen-bond acceptors (Lipinski definition) is 6. The van der Waals surface area contributed by atoms with Gasteiger partial charge in [-0.15, -0.1) is 0 Å². The highest BCUT2D eigenvalue weighted by molar-refractivity contribution is 5.92. The first-order valence-electron chi connectivity index (χ1n) is 8.89. The van der Waals surface area contributed by atoms with E-state index in [9.17, 15) is 0 Å². The second-order valence-corrected chi connectivity index (χ2v) is 6.23. The monoisotopic (exact) mass is 372 g/mol. The number of pyridine rings is 1. The summed E-state index contributed by atoms with van der Waals surface area (Å²) in [7, 11) is 3.17. The van der Waals surface area contributed by atoms with Crippen molar-refractivity contribution in [3.8, 4) is 22.8 Å². The quantitative estimate of drug-likeness (QED) is 0.544. The van der Waals surface area contributed by atoms with E-state index in [4.69, 9.17) is 9.47 Å². The van der Waals surface area contributed by atoms with Gasteiger partial charge in [0, 0.05) is 23.7 Å². The van der Waals surface area contributed by atoms with E-state index in [2.05, 4.69) is 38.5 Å². The normalized spacial score (nSPS) is 10.6. The Balaban J connectivity index is 1.70. The lowest BCUT2D eigenvalue weighted by atomic mass is 10.0. The van der Waals surface area contributed by atoms with Gasteiger partial charge in [-0.1, -0.05) is 36.4 Å². The average molecular weight is 372 g/mol. The Morgan fingerprint density at radius 1 is 0.857 bits per heavy atom. The first-order chi connectivity index (χ1) is 13.8. The van der Waals surface area contributed by atoms with Gasteiger partial charge >= 0.3 is 0 Å². The maximum atomic E-state index is 5.37. The number of benzene rings is 2. The smallest absolute Gasteiger partial charge is 0.256 e. The summed E-state index contributed by atoms with van der Waals surface area (Å²) in [6, 6.07) is 18.2. The second-order valence-electron chi connectivity index (χ2n) is 6.23. The highest BCUT2D eigenvalue weighted by Crippen LogP contribution is 2.32. The largest absolute Gasteiger partial charge is 0.491 e. The Morgan fingerprint density at radius 3 is 2.50 bits per heavy atom. The molecule has 28 heavy (non-hydrogen) atoms. The van der Waals surface area contributed by atoms with E-state index in [1.807, 2.05) is 36.4 Å². The summed E-state index contributed by atoms with van der Waals surface area (Å²) in [6.07, 6.45) is 3.34.